The Bertz CT molecular complexity index is 249. The highest BCUT2D eigenvalue weighted by Gasteiger charge is 2.41. The normalized spacial score (nSPS) is 44.8. The van der Waals surface area contributed by atoms with Crippen LogP contribution in [-0.4, -0.2) is 42.8 Å². The zero-order valence-corrected chi connectivity index (χ0v) is 11.6. The first-order chi connectivity index (χ1) is 8.05. The highest BCUT2D eigenvalue weighted by molar-refractivity contribution is 4.97. The topological polar surface area (TPSA) is 38.5 Å². The van der Waals surface area contributed by atoms with E-state index in [-0.39, 0.29) is 5.54 Å². The molecular weight excluding hydrogens is 212 g/mol. The van der Waals surface area contributed by atoms with Crippen molar-refractivity contribution < 1.29 is 4.74 Å². The highest BCUT2D eigenvalue weighted by atomic mass is 16.5. The molecule has 0 aromatic heterocycles. The van der Waals surface area contributed by atoms with Gasteiger partial charge in [-0.3, -0.25) is 4.90 Å². The summed E-state index contributed by atoms with van der Waals surface area (Å²) >= 11 is 0. The second kappa shape index (κ2) is 5.25. The predicted octanol–water partition coefficient (Wildman–Crippen LogP) is 1.86. The minimum absolute atomic E-state index is 0.209. The number of likely N-dealkylation sites (tertiary alicyclic amines) is 1. The minimum Gasteiger partial charge on any atom is -0.378 e. The Morgan fingerprint density at radius 3 is 2.41 bits per heavy atom. The van der Waals surface area contributed by atoms with Gasteiger partial charge in [0, 0.05) is 31.8 Å². The number of nitrogens with two attached hydrogens (primary N) is 1. The first-order valence-electron chi connectivity index (χ1n) is 7.12. The third-order valence-corrected chi connectivity index (χ3v) is 4.56. The van der Waals surface area contributed by atoms with Crippen molar-refractivity contribution in [2.45, 2.75) is 51.7 Å². The van der Waals surface area contributed by atoms with Crippen LogP contribution in [0.15, 0.2) is 0 Å². The van der Waals surface area contributed by atoms with Crippen LogP contribution >= 0.6 is 0 Å². The van der Waals surface area contributed by atoms with E-state index in [1.165, 1.54) is 19.5 Å². The maximum atomic E-state index is 6.12. The van der Waals surface area contributed by atoms with E-state index in [1.54, 1.807) is 0 Å². The van der Waals surface area contributed by atoms with Crippen LogP contribution in [-0.2, 0) is 4.74 Å². The summed E-state index contributed by atoms with van der Waals surface area (Å²) < 4.78 is 5.70. The summed E-state index contributed by atoms with van der Waals surface area (Å²) in [5.74, 6) is 1.61. The number of nitrogens with zero attached hydrogens (tertiary/aromatic N) is 1. The molecular formula is C14H28N2O. The van der Waals surface area contributed by atoms with Crippen molar-refractivity contribution in [3.8, 4) is 0 Å². The molecule has 0 aliphatic carbocycles. The monoisotopic (exact) mass is 240 g/mol. The molecule has 0 aromatic carbocycles. The van der Waals surface area contributed by atoms with Crippen molar-refractivity contribution in [1.82, 2.24) is 4.90 Å². The van der Waals surface area contributed by atoms with E-state index in [2.05, 4.69) is 25.7 Å². The molecule has 0 radical (unpaired) electrons. The van der Waals surface area contributed by atoms with Gasteiger partial charge in [0.15, 0.2) is 0 Å². The first-order valence-corrected chi connectivity index (χ1v) is 7.12. The van der Waals surface area contributed by atoms with Gasteiger partial charge in [0.1, 0.15) is 0 Å². The van der Waals surface area contributed by atoms with Crippen molar-refractivity contribution in [3.63, 3.8) is 0 Å². The highest BCUT2D eigenvalue weighted by Crippen LogP contribution is 2.34. The lowest BCUT2D eigenvalue weighted by Gasteiger charge is -2.51. The van der Waals surface area contributed by atoms with Crippen molar-refractivity contribution in [2.75, 3.05) is 26.2 Å². The van der Waals surface area contributed by atoms with Crippen LogP contribution < -0.4 is 5.73 Å². The number of hydrogen-bond donors (Lipinski definition) is 1. The summed E-state index contributed by atoms with van der Waals surface area (Å²) in [6, 6.07) is 0. The molecule has 0 saturated carbocycles. The van der Waals surface area contributed by atoms with Crippen LogP contribution in [0.5, 0.6) is 0 Å². The standard InChI is InChI=1S/C14H28N2O/c1-11-6-12(2)9-16(8-11)14(10-15)4-5-17-13(3)7-14/h11-13H,4-10,15H2,1-3H3. The average molecular weight is 240 g/mol. The summed E-state index contributed by atoms with van der Waals surface area (Å²) in [6.45, 7) is 11.0. The van der Waals surface area contributed by atoms with Gasteiger partial charge in [0.25, 0.3) is 0 Å². The van der Waals surface area contributed by atoms with E-state index >= 15 is 0 Å². The van der Waals surface area contributed by atoms with E-state index in [0.29, 0.717) is 6.10 Å². The fraction of sp³-hybridized carbons (Fsp3) is 1.00. The quantitative estimate of drug-likeness (QED) is 0.800. The molecule has 2 fully saturated rings. The number of piperidine rings is 1. The maximum Gasteiger partial charge on any atom is 0.0565 e. The zero-order valence-electron chi connectivity index (χ0n) is 11.6. The van der Waals surface area contributed by atoms with E-state index in [0.717, 1.165) is 37.8 Å². The van der Waals surface area contributed by atoms with Crippen LogP contribution in [0.1, 0.15) is 40.0 Å². The van der Waals surface area contributed by atoms with Gasteiger partial charge in [-0.05, 0) is 38.0 Å². The van der Waals surface area contributed by atoms with Gasteiger partial charge >= 0.3 is 0 Å². The Morgan fingerprint density at radius 1 is 1.24 bits per heavy atom. The summed E-state index contributed by atoms with van der Waals surface area (Å²) in [6.07, 6.45) is 3.93. The van der Waals surface area contributed by atoms with Crippen LogP contribution in [0.4, 0.5) is 0 Å². The van der Waals surface area contributed by atoms with Gasteiger partial charge in [-0.2, -0.15) is 0 Å². The maximum absolute atomic E-state index is 6.12. The fourth-order valence-corrected chi connectivity index (χ4v) is 3.80. The van der Waals surface area contributed by atoms with E-state index in [1.807, 2.05) is 0 Å². The summed E-state index contributed by atoms with van der Waals surface area (Å²) in [7, 11) is 0. The molecule has 2 heterocycles. The van der Waals surface area contributed by atoms with Crippen LogP contribution in [0.3, 0.4) is 0 Å². The smallest absolute Gasteiger partial charge is 0.0565 e. The predicted molar refractivity (Wildman–Crippen MR) is 71.0 cm³/mol. The second-order valence-electron chi connectivity index (χ2n) is 6.42. The Balaban J connectivity index is 2.10. The summed E-state index contributed by atoms with van der Waals surface area (Å²) in [5.41, 5.74) is 6.33. The Hall–Kier alpha value is -0.120. The molecule has 2 aliphatic heterocycles. The lowest BCUT2D eigenvalue weighted by molar-refractivity contribution is -0.0800. The van der Waals surface area contributed by atoms with Gasteiger partial charge in [-0.25, -0.2) is 0 Å². The van der Waals surface area contributed by atoms with E-state index < -0.39 is 0 Å². The third kappa shape index (κ3) is 2.83. The Morgan fingerprint density at radius 2 is 1.88 bits per heavy atom. The van der Waals surface area contributed by atoms with Crippen molar-refractivity contribution in [1.29, 1.82) is 0 Å². The molecule has 3 nitrogen and oxygen atoms in total. The first kappa shape index (κ1) is 13.3. The van der Waals surface area contributed by atoms with Gasteiger partial charge in [0.2, 0.25) is 0 Å². The third-order valence-electron chi connectivity index (χ3n) is 4.56. The molecule has 2 saturated heterocycles. The van der Waals surface area contributed by atoms with Gasteiger partial charge in [-0.15, -0.1) is 0 Å². The van der Waals surface area contributed by atoms with Crippen LogP contribution in [0.25, 0.3) is 0 Å². The molecule has 2 N–H and O–H groups in total. The molecule has 2 rings (SSSR count). The molecule has 2 aliphatic rings. The van der Waals surface area contributed by atoms with Crippen LogP contribution in [0.2, 0.25) is 0 Å². The second-order valence-corrected chi connectivity index (χ2v) is 6.42. The number of ether oxygens (including phenoxy) is 1. The van der Waals surface area contributed by atoms with Crippen molar-refractivity contribution in [3.05, 3.63) is 0 Å². The molecule has 4 atom stereocenters. The molecule has 0 amide bonds. The van der Waals surface area contributed by atoms with Gasteiger partial charge in [0.05, 0.1) is 6.10 Å². The molecule has 17 heavy (non-hydrogen) atoms. The van der Waals surface area contributed by atoms with Gasteiger partial charge in [-0.1, -0.05) is 13.8 Å². The summed E-state index contributed by atoms with van der Waals surface area (Å²) in [5, 5.41) is 0. The molecule has 3 heteroatoms. The lowest BCUT2D eigenvalue weighted by Crippen LogP contribution is -2.61. The van der Waals surface area contributed by atoms with E-state index in [4.69, 9.17) is 10.5 Å². The van der Waals surface area contributed by atoms with Crippen molar-refractivity contribution >= 4 is 0 Å². The van der Waals surface area contributed by atoms with Crippen LogP contribution in [0, 0.1) is 11.8 Å². The molecule has 0 spiro atoms. The molecule has 100 valence electrons. The number of hydrogen-bond acceptors (Lipinski definition) is 3. The van der Waals surface area contributed by atoms with E-state index in [9.17, 15) is 0 Å². The minimum atomic E-state index is 0.209. The lowest BCUT2D eigenvalue weighted by atomic mass is 9.81. The molecule has 0 bridgehead atoms. The Labute approximate surface area is 106 Å². The molecule has 4 unspecified atom stereocenters. The van der Waals surface area contributed by atoms with Gasteiger partial charge < -0.3 is 10.5 Å². The molecule has 0 aromatic rings. The number of rotatable bonds is 2. The van der Waals surface area contributed by atoms with Crippen molar-refractivity contribution in [2.24, 2.45) is 17.6 Å². The SMILES string of the molecule is CC1CC(C)CN(C2(CN)CCOC(C)C2)C1. The summed E-state index contributed by atoms with van der Waals surface area (Å²) in [4.78, 5) is 2.67. The average Bonchev–Trinajstić information content (AvgIpc) is 2.27. The zero-order chi connectivity index (χ0) is 12.5. The fourth-order valence-electron chi connectivity index (χ4n) is 3.80. The Kier molecular flexibility index (Phi) is 4.11. The largest absolute Gasteiger partial charge is 0.378 e.